The third kappa shape index (κ3) is 4.18. The summed E-state index contributed by atoms with van der Waals surface area (Å²) in [7, 11) is 1.28. The van der Waals surface area contributed by atoms with Gasteiger partial charge in [0.05, 0.1) is 18.4 Å². The van der Waals surface area contributed by atoms with E-state index in [1.165, 1.54) is 26.4 Å². The van der Waals surface area contributed by atoms with Crippen LogP contribution in [0.25, 0.3) is 0 Å². The molecule has 0 saturated heterocycles. The molecule has 0 aliphatic heterocycles. The van der Waals surface area contributed by atoms with Crippen LogP contribution in [0.15, 0.2) is 24.3 Å². The third-order valence-electron chi connectivity index (χ3n) is 5.28. The van der Waals surface area contributed by atoms with Gasteiger partial charge in [0.2, 0.25) is 0 Å². The molecule has 2 saturated carbocycles. The number of nitrogens with one attached hydrogen (secondary N) is 1. The minimum Gasteiger partial charge on any atom is -0.465 e. The van der Waals surface area contributed by atoms with Crippen LogP contribution >= 0.6 is 0 Å². The molecule has 1 aromatic carbocycles. The number of para-hydroxylation sites is 1. The number of ether oxygens (including phenoxy) is 2. The molecule has 1 N–H and O–H groups in total. The van der Waals surface area contributed by atoms with Crippen molar-refractivity contribution < 1.29 is 23.9 Å². The molecule has 25 heavy (non-hydrogen) atoms. The Morgan fingerprint density at radius 2 is 1.96 bits per heavy atom. The first-order chi connectivity index (χ1) is 12.1. The van der Waals surface area contributed by atoms with Crippen LogP contribution < -0.4 is 5.32 Å². The molecule has 6 nitrogen and oxygen atoms in total. The van der Waals surface area contributed by atoms with Gasteiger partial charge in [0.15, 0.2) is 6.61 Å². The van der Waals surface area contributed by atoms with E-state index in [4.69, 9.17) is 4.74 Å². The fourth-order valence-electron chi connectivity index (χ4n) is 4.11. The summed E-state index contributed by atoms with van der Waals surface area (Å²) in [6.45, 7) is -0.352. The van der Waals surface area contributed by atoms with Gasteiger partial charge in [0.1, 0.15) is 0 Å². The highest BCUT2D eigenvalue weighted by Gasteiger charge is 2.40. The summed E-state index contributed by atoms with van der Waals surface area (Å²) in [5.74, 6) is 0.504. The van der Waals surface area contributed by atoms with E-state index in [9.17, 15) is 14.4 Å². The molecule has 3 rings (SSSR count). The molecule has 1 aromatic rings. The summed E-state index contributed by atoms with van der Waals surface area (Å²) in [5.41, 5.74) is 0.593. The largest absolute Gasteiger partial charge is 0.465 e. The predicted molar refractivity (Wildman–Crippen MR) is 90.9 cm³/mol. The second-order valence-electron chi connectivity index (χ2n) is 6.89. The average molecular weight is 345 g/mol. The van der Waals surface area contributed by atoms with Crippen molar-refractivity contribution in [3.63, 3.8) is 0 Å². The maximum absolute atomic E-state index is 12.0. The quantitative estimate of drug-likeness (QED) is 0.802. The van der Waals surface area contributed by atoms with Crippen molar-refractivity contribution in [1.82, 2.24) is 0 Å². The number of amides is 1. The molecule has 134 valence electrons. The van der Waals surface area contributed by atoms with Crippen molar-refractivity contribution in [3.8, 4) is 0 Å². The van der Waals surface area contributed by atoms with Gasteiger partial charge in [0.25, 0.3) is 5.91 Å². The highest BCUT2D eigenvalue weighted by atomic mass is 16.5. The molecular weight excluding hydrogens is 322 g/mol. The van der Waals surface area contributed by atoms with Crippen LogP contribution in [0.5, 0.6) is 0 Å². The molecule has 0 heterocycles. The van der Waals surface area contributed by atoms with Crippen LogP contribution in [0.4, 0.5) is 5.69 Å². The van der Waals surface area contributed by atoms with E-state index in [0.717, 1.165) is 12.3 Å². The maximum atomic E-state index is 12.0. The lowest BCUT2D eigenvalue weighted by atomic mass is 9.86. The number of hydrogen-bond acceptors (Lipinski definition) is 5. The molecule has 2 aliphatic carbocycles. The first-order valence-corrected chi connectivity index (χ1v) is 8.69. The highest BCUT2D eigenvalue weighted by molar-refractivity contribution is 6.01. The summed E-state index contributed by atoms with van der Waals surface area (Å²) < 4.78 is 9.78. The normalized spacial score (nSPS) is 24.0. The van der Waals surface area contributed by atoms with Crippen LogP contribution in [0, 0.1) is 17.8 Å². The second-order valence-corrected chi connectivity index (χ2v) is 6.89. The van der Waals surface area contributed by atoms with Gasteiger partial charge >= 0.3 is 11.9 Å². The fourth-order valence-corrected chi connectivity index (χ4v) is 4.11. The standard InChI is InChI=1S/C19H23NO5/c1-24-19(23)15-4-2-3-5-16(15)20-17(21)11-25-18(22)10-14-9-12-6-7-13(14)8-12/h2-5,12-14H,6-11H2,1H3,(H,20,21)/t12-,13-,14-/m1/s1. The van der Waals surface area contributed by atoms with Crippen molar-refractivity contribution in [2.75, 3.05) is 19.0 Å². The van der Waals surface area contributed by atoms with Gasteiger partial charge in [-0.15, -0.1) is 0 Å². The van der Waals surface area contributed by atoms with E-state index in [-0.39, 0.29) is 18.1 Å². The maximum Gasteiger partial charge on any atom is 0.339 e. The van der Waals surface area contributed by atoms with Crippen LogP contribution in [0.1, 0.15) is 42.5 Å². The molecule has 3 atom stereocenters. The minimum absolute atomic E-state index is 0.256. The number of carbonyl (C=O) groups excluding carboxylic acids is 3. The first-order valence-electron chi connectivity index (χ1n) is 8.69. The Hall–Kier alpha value is -2.37. The van der Waals surface area contributed by atoms with Gasteiger partial charge in [0, 0.05) is 6.42 Å². The lowest BCUT2D eigenvalue weighted by Crippen LogP contribution is -2.24. The van der Waals surface area contributed by atoms with Gasteiger partial charge in [-0.05, 0) is 49.1 Å². The van der Waals surface area contributed by atoms with Gasteiger partial charge in [-0.25, -0.2) is 4.79 Å². The fraction of sp³-hybridized carbons (Fsp3) is 0.526. The van der Waals surface area contributed by atoms with E-state index < -0.39 is 11.9 Å². The van der Waals surface area contributed by atoms with Gasteiger partial charge in [-0.1, -0.05) is 18.6 Å². The summed E-state index contributed by atoms with van der Waals surface area (Å²) in [6, 6.07) is 6.53. The van der Waals surface area contributed by atoms with Crippen LogP contribution in [-0.4, -0.2) is 31.6 Å². The molecule has 2 fully saturated rings. The Kier molecular flexibility index (Phi) is 5.36. The Bertz CT molecular complexity index is 672. The molecule has 6 heteroatoms. The second kappa shape index (κ2) is 7.68. The number of esters is 2. The SMILES string of the molecule is COC(=O)c1ccccc1NC(=O)COC(=O)C[C@H]1C[C@@H]2CC[C@@H]1C2. The molecule has 2 aliphatic rings. The summed E-state index contributed by atoms with van der Waals surface area (Å²) in [5, 5.41) is 2.58. The zero-order valence-electron chi connectivity index (χ0n) is 14.3. The number of anilines is 1. The highest BCUT2D eigenvalue weighted by Crippen LogP contribution is 2.49. The molecule has 1 amide bonds. The number of methoxy groups -OCH3 is 1. The lowest BCUT2D eigenvalue weighted by Gasteiger charge is -2.20. The zero-order chi connectivity index (χ0) is 17.8. The van der Waals surface area contributed by atoms with Crippen LogP contribution in [0.2, 0.25) is 0 Å². The molecule has 2 bridgehead atoms. The zero-order valence-corrected chi connectivity index (χ0v) is 14.3. The molecule has 0 aromatic heterocycles. The smallest absolute Gasteiger partial charge is 0.339 e. The van der Waals surface area contributed by atoms with E-state index in [1.54, 1.807) is 24.3 Å². The molecule has 0 spiro atoms. The number of carbonyl (C=O) groups is 3. The summed E-state index contributed by atoms with van der Waals surface area (Å²) in [6.07, 6.45) is 5.25. The van der Waals surface area contributed by atoms with Crippen LogP contribution in [-0.2, 0) is 19.1 Å². The molecular formula is C19H23NO5. The lowest BCUT2D eigenvalue weighted by molar-refractivity contribution is -0.148. The van der Waals surface area contributed by atoms with E-state index in [1.807, 2.05) is 0 Å². The molecule has 0 unspecified atom stereocenters. The van der Waals surface area contributed by atoms with Gasteiger partial charge < -0.3 is 14.8 Å². The average Bonchev–Trinajstić information content (AvgIpc) is 3.23. The third-order valence-corrected chi connectivity index (χ3v) is 5.28. The summed E-state index contributed by atoms with van der Waals surface area (Å²) >= 11 is 0. The van der Waals surface area contributed by atoms with Crippen molar-refractivity contribution in [1.29, 1.82) is 0 Å². The first kappa shape index (κ1) is 17.5. The monoisotopic (exact) mass is 345 g/mol. The van der Waals surface area contributed by atoms with Crippen molar-refractivity contribution >= 4 is 23.5 Å². The van der Waals surface area contributed by atoms with Gasteiger partial charge in [-0.3, -0.25) is 9.59 Å². The van der Waals surface area contributed by atoms with Crippen molar-refractivity contribution in [3.05, 3.63) is 29.8 Å². The number of benzene rings is 1. The van der Waals surface area contributed by atoms with E-state index in [0.29, 0.717) is 23.9 Å². The number of hydrogen-bond donors (Lipinski definition) is 1. The van der Waals surface area contributed by atoms with Crippen LogP contribution in [0.3, 0.4) is 0 Å². The van der Waals surface area contributed by atoms with Crippen molar-refractivity contribution in [2.45, 2.75) is 32.1 Å². The Balaban J connectivity index is 1.47. The van der Waals surface area contributed by atoms with Crippen molar-refractivity contribution in [2.24, 2.45) is 17.8 Å². The van der Waals surface area contributed by atoms with Gasteiger partial charge in [-0.2, -0.15) is 0 Å². The topological polar surface area (TPSA) is 81.7 Å². The minimum atomic E-state index is -0.538. The Morgan fingerprint density at radius 1 is 1.16 bits per heavy atom. The van der Waals surface area contributed by atoms with E-state index >= 15 is 0 Å². The number of rotatable bonds is 6. The Morgan fingerprint density at radius 3 is 2.64 bits per heavy atom. The Labute approximate surface area is 146 Å². The summed E-state index contributed by atoms with van der Waals surface area (Å²) in [4.78, 5) is 35.7. The van der Waals surface area contributed by atoms with E-state index in [2.05, 4.69) is 10.1 Å². The molecule has 0 radical (unpaired) electrons. The number of fused-ring (bicyclic) bond motifs is 2. The predicted octanol–water partition coefficient (Wildman–Crippen LogP) is 2.78.